The number of amides is 2. The highest BCUT2D eigenvalue weighted by Gasteiger charge is 2.44. The van der Waals surface area contributed by atoms with Crippen molar-refractivity contribution in [2.75, 3.05) is 23.8 Å². The zero-order chi connectivity index (χ0) is 34.1. The van der Waals surface area contributed by atoms with Crippen LogP contribution in [0.25, 0.3) is 10.4 Å². The summed E-state index contributed by atoms with van der Waals surface area (Å²) < 4.78 is 35.2. The molecule has 2 N–H and O–H groups in total. The number of sulfonamides is 1. The van der Waals surface area contributed by atoms with E-state index < -0.39 is 24.4 Å². The summed E-state index contributed by atoms with van der Waals surface area (Å²) in [5.41, 5.74) is 2.36. The Bertz CT molecular complexity index is 1850. The third-order valence-electron chi connectivity index (χ3n) is 10.1. The molecule has 11 nitrogen and oxygen atoms in total. The summed E-state index contributed by atoms with van der Waals surface area (Å²) in [6, 6.07) is 9.04. The van der Waals surface area contributed by atoms with Crippen LogP contribution in [0.3, 0.4) is 0 Å². The quantitative estimate of drug-likeness (QED) is 0.245. The average Bonchev–Trinajstić information content (AvgIpc) is 3.61. The lowest BCUT2D eigenvalue weighted by molar-refractivity contribution is -0.123. The summed E-state index contributed by atoms with van der Waals surface area (Å²) in [7, 11) is -4.67. The van der Waals surface area contributed by atoms with Crippen LogP contribution in [0, 0.1) is 12.8 Å². The van der Waals surface area contributed by atoms with Crippen LogP contribution in [0.15, 0.2) is 35.2 Å². The molecule has 0 unspecified atom stereocenters. The Hall–Kier alpha value is -3.17. The van der Waals surface area contributed by atoms with Gasteiger partial charge in [-0.05, 0) is 99.6 Å². The van der Waals surface area contributed by atoms with Gasteiger partial charge in [-0.15, -0.1) is 0 Å². The number of nitrogens with one attached hydrogen (secondary N) is 2. The molecule has 14 heteroatoms. The van der Waals surface area contributed by atoms with Gasteiger partial charge < -0.3 is 14.6 Å². The molecule has 3 aliphatic rings. The lowest BCUT2D eigenvalue weighted by atomic mass is 10.0. The van der Waals surface area contributed by atoms with Crippen molar-refractivity contribution in [3.8, 4) is 10.4 Å². The van der Waals surface area contributed by atoms with E-state index in [1.54, 1.807) is 15.9 Å². The maximum Gasteiger partial charge on any atom is 0.256 e. The molecule has 4 heterocycles. The number of hydrogen-bond acceptors (Lipinski definition) is 9. The molecule has 0 spiro atoms. The highest BCUT2D eigenvalue weighted by atomic mass is 32.2. The van der Waals surface area contributed by atoms with Crippen molar-refractivity contribution in [3.05, 3.63) is 47.2 Å². The largest absolute Gasteiger partial charge is 0.405 e. The molecule has 3 aromatic rings. The fourth-order valence-corrected chi connectivity index (χ4v) is 9.28. The molecule has 0 radical (unpaired) electrons. The number of anilines is 3. The van der Waals surface area contributed by atoms with Crippen molar-refractivity contribution in [2.45, 2.75) is 95.6 Å². The number of thiazole rings is 1. The van der Waals surface area contributed by atoms with Crippen molar-refractivity contribution in [1.29, 1.82) is 0 Å². The molecule has 2 aliphatic heterocycles. The minimum absolute atomic E-state index is 0.00237. The van der Waals surface area contributed by atoms with E-state index in [0.717, 1.165) is 17.7 Å². The molecule has 2 amide bonds. The molecule has 1 aromatic carbocycles. The van der Waals surface area contributed by atoms with Gasteiger partial charge in [0.15, 0.2) is 13.4 Å². The van der Waals surface area contributed by atoms with E-state index >= 15 is 0 Å². The fraction of sp³-hybridized carbons (Fsp3) is 0.515. The van der Waals surface area contributed by atoms with Gasteiger partial charge in [-0.2, -0.15) is 0 Å². The number of nitrogens with zero attached hydrogens (tertiary/aromatic N) is 4. The number of carbonyl (C=O) groups excluding carboxylic acids is 2. The van der Waals surface area contributed by atoms with Gasteiger partial charge in [0.1, 0.15) is 17.7 Å². The van der Waals surface area contributed by atoms with Crippen LogP contribution in [0.4, 0.5) is 16.8 Å². The Morgan fingerprint density at radius 1 is 1.11 bits per heavy atom. The molecule has 2 atom stereocenters. The van der Waals surface area contributed by atoms with Gasteiger partial charge in [-0.25, -0.2) is 23.1 Å². The van der Waals surface area contributed by atoms with Crippen molar-refractivity contribution in [3.63, 3.8) is 0 Å². The van der Waals surface area contributed by atoms with Crippen molar-refractivity contribution < 1.29 is 22.4 Å². The van der Waals surface area contributed by atoms with Gasteiger partial charge in [0.25, 0.3) is 11.8 Å². The number of rotatable bonds is 10. The predicted octanol–water partition coefficient (Wildman–Crippen LogP) is 6.05. The summed E-state index contributed by atoms with van der Waals surface area (Å²) in [5.74, 6) is 1.24. The summed E-state index contributed by atoms with van der Waals surface area (Å²) in [4.78, 5) is 40.6. The van der Waals surface area contributed by atoms with E-state index in [4.69, 9.17) is 14.4 Å². The monoisotopic (exact) mass is 696 g/mol. The van der Waals surface area contributed by atoms with Crippen molar-refractivity contribution in [2.24, 2.45) is 5.92 Å². The van der Waals surface area contributed by atoms with Gasteiger partial charge in [0, 0.05) is 19.1 Å². The Labute approximate surface area is 282 Å². The van der Waals surface area contributed by atoms with Crippen LogP contribution in [-0.4, -0.2) is 69.2 Å². The van der Waals surface area contributed by atoms with Crippen LogP contribution >= 0.6 is 11.3 Å². The average molecular weight is 697 g/mol. The third kappa shape index (κ3) is 6.37. The van der Waals surface area contributed by atoms with Crippen LogP contribution in [0.5, 0.6) is 0 Å². The molecule has 0 bridgehead atoms. The minimum Gasteiger partial charge on any atom is -0.405 e. The first kappa shape index (κ1) is 33.7. The Morgan fingerprint density at radius 3 is 2.49 bits per heavy atom. The van der Waals surface area contributed by atoms with Gasteiger partial charge in [-0.3, -0.25) is 14.5 Å². The number of hydrogen-bond donors (Lipinski definition) is 2. The molecule has 6 rings (SSSR count). The van der Waals surface area contributed by atoms with Crippen molar-refractivity contribution >= 4 is 58.3 Å². The maximum atomic E-state index is 13.5. The third-order valence-corrected chi connectivity index (χ3v) is 17.1. The van der Waals surface area contributed by atoms with E-state index in [9.17, 15) is 18.0 Å². The normalized spacial score (nSPS) is 19.4. The molecule has 252 valence electrons. The number of fused-ring (bicyclic) bond motifs is 1. The molecule has 2 fully saturated rings. The Kier molecular flexibility index (Phi) is 8.65. The first-order valence-corrected chi connectivity index (χ1v) is 21.3. The van der Waals surface area contributed by atoms with Gasteiger partial charge in [0.05, 0.1) is 21.0 Å². The van der Waals surface area contributed by atoms with E-state index in [-0.39, 0.29) is 33.4 Å². The van der Waals surface area contributed by atoms with Gasteiger partial charge in [-0.1, -0.05) is 38.2 Å². The zero-order valence-corrected chi connectivity index (χ0v) is 30.9. The predicted molar refractivity (Wildman–Crippen MR) is 187 cm³/mol. The van der Waals surface area contributed by atoms with Crippen LogP contribution in [0.2, 0.25) is 18.1 Å². The summed E-state index contributed by atoms with van der Waals surface area (Å²) in [5, 5.41) is 3.86. The number of aromatic nitrogens is 2. The Morgan fingerprint density at radius 2 is 1.83 bits per heavy atom. The number of carbonyl (C=O) groups is 2. The molecule has 47 heavy (non-hydrogen) atoms. The van der Waals surface area contributed by atoms with E-state index in [1.807, 2.05) is 38.1 Å². The molecule has 1 saturated carbocycles. The smallest absolute Gasteiger partial charge is 0.256 e. The SMILES string of the molecule is CNS(=O)(=O)c1cc(-c2sc(Nc3cccc(N4CC[C@@H](O[Si](C)(C)C(C)(C)C)C4=O)n3)nc2C)cc2c1C(=O)N([C@@H](C)C1CC1)C2. The van der Waals surface area contributed by atoms with Gasteiger partial charge >= 0.3 is 0 Å². The first-order valence-electron chi connectivity index (χ1n) is 16.1. The number of aryl methyl sites for hydroxylation is 1. The summed E-state index contributed by atoms with van der Waals surface area (Å²) in [6.07, 6.45) is 2.32. The van der Waals surface area contributed by atoms with Crippen LogP contribution < -0.4 is 14.9 Å². The summed E-state index contributed by atoms with van der Waals surface area (Å²) >= 11 is 1.38. The minimum atomic E-state index is -3.91. The molecular weight excluding hydrogens is 653 g/mol. The lowest BCUT2D eigenvalue weighted by Gasteiger charge is -2.37. The second kappa shape index (κ2) is 12.1. The number of benzene rings is 1. The summed E-state index contributed by atoms with van der Waals surface area (Å²) in [6.45, 7) is 15.6. The maximum absolute atomic E-state index is 13.5. The highest BCUT2D eigenvalue weighted by Crippen LogP contribution is 2.43. The Balaban J connectivity index is 1.25. The van der Waals surface area contributed by atoms with Crippen molar-refractivity contribution in [1.82, 2.24) is 19.6 Å². The molecule has 2 aromatic heterocycles. The highest BCUT2D eigenvalue weighted by molar-refractivity contribution is 7.89. The van der Waals surface area contributed by atoms with E-state index in [2.05, 4.69) is 43.9 Å². The fourth-order valence-electron chi connectivity index (χ4n) is 6.05. The molecular formula is C33H44N6O5S2Si. The lowest BCUT2D eigenvalue weighted by Crippen LogP contribution is -2.46. The molecule has 1 aliphatic carbocycles. The topological polar surface area (TPSA) is 134 Å². The second-order valence-electron chi connectivity index (χ2n) is 14.3. The molecule has 1 saturated heterocycles. The zero-order valence-electron chi connectivity index (χ0n) is 28.3. The van der Waals surface area contributed by atoms with Gasteiger partial charge in [0.2, 0.25) is 10.0 Å². The van der Waals surface area contributed by atoms with E-state index in [0.29, 0.717) is 59.0 Å². The second-order valence-corrected chi connectivity index (χ2v) is 21.9. The van der Waals surface area contributed by atoms with Crippen LogP contribution in [-0.2, 0) is 25.8 Å². The standard InChI is InChI=1S/C33H44N6O5S2Si/c1-19-29(22-16-23-18-39(20(2)21-12-13-21)31(41)28(23)25(17-22)46(42,43)34-6)45-32(35-19)37-26-10-9-11-27(36-26)38-15-14-24(30(38)40)44-47(7,8)33(3,4)5/h9-11,16-17,20-21,24,34H,12-15,18H2,1-8H3,(H,35,36,37)/t20-,24+/m0/s1. The number of pyridine rings is 1. The van der Waals surface area contributed by atoms with E-state index in [1.165, 1.54) is 18.4 Å². The van der Waals surface area contributed by atoms with Crippen LogP contribution in [0.1, 0.15) is 68.6 Å². The first-order chi connectivity index (χ1) is 22.0.